The number of methoxy groups -OCH3 is 1. The highest BCUT2D eigenvalue weighted by molar-refractivity contribution is 5.80. The van der Waals surface area contributed by atoms with Gasteiger partial charge < -0.3 is 20.3 Å². The normalized spacial score (nSPS) is 30.3. The van der Waals surface area contributed by atoms with E-state index in [1.807, 2.05) is 7.05 Å². The highest BCUT2D eigenvalue weighted by atomic mass is 16.5. The number of hydrogen-bond donors (Lipinski definition) is 2. The van der Waals surface area contributed by atoms with Crippen molar-refractivity contribution in [2.75, 3.05) is 40.4 Å². The quantitative estimate of drug-likeness (QED) is 0.577. The Morgan fingerprint density at radius 3 is 2.50 bits per heavy atom. The molecule has 1 heterocycles. The smallest absolute Gasteiger partial charge is 0.191 e. The number of ether oxygens (including phenoxy) is 1. The van der Waals surface area contributed by atoms with E-state index in [0.29, 0.717) is 12.1 Å². The third-order valence-corrected chi connectivity index (χ3v) is 6.18. The summed E-state index contributed by atoms with van der Waals surface area (Å²) in [5, 5.41) is 7.34. The molecule has 0 aromatic carbocycles. The van der Waals surface area contributed by atoms with E-state index in [9.17, 15) is 0 Å². The monoisotopic (exact) mass is 336 g/mol. The van der Waals surface area contributed by atoms with Gasteiger partial charge in [-0.1, -0.05) is 32.1 Å². The molecule has 0 spiro atoms. The summed E-state index contributed by atoms with van der Waals surface area (Å²) in [7, 11) is 3.68. The summed E-state index contributed by atoms with van der Waals surface area (Å²) in [5.74, 6) is 2.90. The number of likely N-dealkylation sites (tertiary alicyclic amines) is 1. The van der Waals surface area contributed by atoms with Gasteiger partial charge in [0.1, 0.15) is 0 Å². The molecule has 2 saturated carbocycles. The Bertz CT molecular complexity index is 400. The fraction of sp³-hybridized carbons (Fsp3) is 0.947. The van der Waals surface area contributed by atoms with Gasteiger partial charge in [0.25, 0.3) is 0 Å². The van der Waals surface area contributed by atoms with Crippen molar-refractivity contribution in [1.82, 2.24) is 15.5 Å². The van der Waals surface area contributed by atoms with E-state index in [1.54, 1.807) is 7.11 Å². The number of rotatable bonds is 6. The standard InChI is InChI=1S/C19H36N4O/c1-20-19(21-16-8-10-23(11-9-16)12-13-24-2)22-18-14-17(18)15-6-4-3-5-7-15/h15-18H,3-14H2,1-2H3,(H2,20,21,22). The zero-order valence-electron chi connectivity index (χ0n) is 15.6. The Kier molecular flexibility index (Phi) is 6.78. The summed E-state index contributed by atoms with van der Waals surface area (Å²) in [6.07, 6.45) is 11.0. The average molecular weight is 337 g/mol. The number of piperidine rings is 1. The first kappa shape index (κ1) is 18.0. The number of guanidine groups is 1. The lowest BCUT2D eigenvalue weighted by Gasteiger charge is -2.33. The van der Waals surface area contributed by atoms with Crippen LogP contribution in [0, 0.1) is 11.8 Å². The molecule has 3 aliphatic rings. The molecule has 2 aliphatic carbocycles. The Morgan fingerprint density at radius 1 is 1.08 bits per heavy atom. The van der Waals surface area contributed by atoms with Crippen molar-refractivity contribution in [3.05, 3.63) is 0 Å². The van der Waals surface area contributed by atoms with Crippen LogP contribution in [0.15, 0.2) is 4.99 Å². The second-order valence-corrected chi connectivity index (χ2v) is 7.87. The average Bonchev–Trinajstić information content (AvgIpc) is 3.40. The molecule has 2 unspecified atom stereocenters. The molecule has 0 radical (unpaired) electrons. The van der Waals surface area contributed by atoms with E-state index < -0.39 is 0 Å². The van der Waals surface area contributed by atoms with Crippen LogP contribution in [0.4, 0.5) is 0 Å². The molecule has 2 N–H and O–H groups in total. The highest BCUT2D eigenvalue weighted by Crippen LogP contribution is 2.44. The third-order valence-electron chi connectivity index (χ3n) is 6.18. The maximum absolute atomic E-state index is 5.18. The Morgan fingerprint density at radius 2 is 1.83 bits per heavy atom. The molecule has 3 rings (SSSR count). The van der Waals surface area contributed by atoms with E-state index in [0.717, 1.165) is 44.0 Å². The van der Waals surface area contributed by atoms with Crippen LogP contribution in [0.3, 0.4) is 0 Å². The molecule has 1 aliphatic heterocycles. The van der Waals surface area contributed by atoms with Crippen molar-refractivity contribution < 1.29 is 4.74 Å². The molecular formula is C19H36N4O. The van der Waals surface area contributed by atoms with Gasteiger partial charge >= 0.3 is 0 Å². The van der Waals surface area contributed by atoms with Crippen LogP contribution in [0.25, 0.3) is 0 Å². The van der Waals surface area contributed by atoms with Crippen molar-refractivity contribution in [2.24, 2.45) is 16.8 Å². The van der Waals surface area contributed by atoms with Crippen LogP contribution in [0.5, 0.6) is 0 Å². The number of hydrogen-bond acceptors (Lipinski definition) is 3. The van der Waals surface area contributed by atoms with Crippen LogP contribution >= 0.6 is 0 Å². The Hall–Kier alpha value is -0.810. The van der Waals surface area contributed by atoms with Gasteiger partial charge in [-0.2, -0.15) is 0 Å². The van der Waals surface area contributed by atoms with Gasteiger partial charge in [0.15, 0.2) is 5.96 Å². The van der Waals surface area contributed by atoms with E-state index >= 15 is 0 Å². The maximum atomic E-state index is 5.18. The van der Waals surface area contributed by atoms with Crippen LogP contribution in [0.2, 0.25) is 0 Å². The summed E-state index contributed by atoms with van der Waals surface area (Å²) in [6, 6.07) is 1.22. The lowest BCUT2D eigenvalue weighted by atomic mass is 9.85. The molecular weight excluding hydrogens is 300 g/mol. The van der Waals surface area contributed by atoms with Gasteiger partial charge in [-0.25, -0.2) is 0 Å². The SMILES string of the molecule is CN=C(NC1CCN(CCOC)CC1)NC1CC1C1CCCCC1. The molecule has 5 heteroatoms. The number of aliphatic imine (C=N–C) groups is 1. The Balaban J connectivity index is 1.36. The molecule has 0 aromatic rings. The topological polar surface area (TPSA) is 48.9 Å². The second kappa shape index (κ2) is 9.04. The maximum Gasteiger partial charge on any atom is 0.191 e. The van der Waals surface area contributed by atoms with Gasteiger partial charge in [0, 0.05) is 45.9 Å². The predicted octanol–water partition coefficient (Wildman–Crippen LogP) is 2.23. The number of nitrogens with one attached hydrogen (secondary N) is 2. The van der Waals surface area contributed by atoms with E-state index in [-0.39, 0.29) is 0 Å². The highest BCUT2D eigenvalue weighted by Gasteiger charge is 2.43. The molecule has 0 amide bonds. The molecule has 24 heavy (non-hydrogen) atoms. The first-order valence-corrected chi connectivity index (χ1v) is 10.0. The minimum atomic E-state index is 0.557. The summed E-state index contributed by atoms with van der Waals surface area (Å²) in [4.78, 5) is 6.97. The van der Waals surface area contributed by atoms with Gasteiger partial charge in [0.2, 0.25) is 0 Å². The van der Waals surface area contributed by atoms with E-state index in [4.69, 9.17) is 4.74 Å². The molecule has 5 nitrogen and oxygen atoms in total. The van der Waals surface area contributed by atoms with Gasteiger partial charge in [-0.15, -0.1) is 0 Å². The van der Waals surface area contributed by atoms with Crippen LogP contribution in [0.1, 0.15) is 51.4 Å². The predicted molar refractivity (Wildman–Crippen MR) is 99.4 cm³/mol. The number of nitrogens with zero attached hydrogens (tertiary/aromatic N) is 2. The fourth-order valence-corrected chi connectivity index (χ4v) is 4.52. The van der Waals surface area contributed by atoms with Gasteiger partial charge in [-0.05, 0) is 31.1 Å². The lowest BCUT2D eigenvalue weighted by Crippen LogP contribution is -2.49. The van der Waals surface area contributed by atoms with Gasteiger partial charge in [-0.3, -0.25) is 4.99 Å². The Labute approximate surface area is 147 Å². The largest absolute Gasteiger partial charge is 0.383 e. The van der Waals surface area contributed by atoms with Gasteiger partial charge in [0.05, 0.1) is 6.61 Å². The zero-order chi connectivity index (χ0) is 16.8. The van der Waals surface area contributed by atoms with Crippen LogP contribution < -0.4 is 10.6 Å². The first-order valence-electron chi connectivity index (χ1n) is 10.0. The first-order chi connectivity index (χ1) is 11.8. The summed E-state index contributed by atoms with van der Waals surface area (Å²) < 4.78 is 5.18. The lowest BCUT2D eigenvalue weighted by molar-refractivity contribution is 0.128. The minimum absolute atomic E-state index is 0.557. The van der Waals surface area contributed by atoms with Crippen LogP contribution in [-0.2, 0) is 4.74 Å². The second-order valence-electron chi connectivity index (χ2n) is 7.87. The summed E-state index contributed by atoms with van der Waals surface area (Å²) in [5.41, 5.74) is 0. The summed E-state index contributed by atoms with van der Waals surface area (Å²) in [6.45, 7) is 4.21. The van der Waals surface area contributed by atoms with Crippen molar-refractivity contribution in [3.8, 4) is 0 Å². The molecule has 0 aromatic heterocycles. The van der Waals surface area contributed by atoms with Crippen molar-refractivity contribution >= 4 is 5.96 Å². The fourth-order valence-electron chi connectivity index (χ4n) is 4.52. The van der Waals surface area contributed by atoms with Crippen LogP contribution in [-0.4, -0.2) is 63.3 Å². The molecule has 3 fully saturated rings. The minimum Gasteiger partial charge on any atom is -0.383 e. The van der Waals surface area contributed by atoms with Crippen molar-refractivity contribution in [3.63, 3.8) is 0 Å². The summed E-state index contributed by atoms with van der Waals surface area (Å²) >= 11 is 0. The zero-order valence-corrected chi connectivity index (χ0v) is 15.6. The molecule has 0 bridgehead atoms. The van der Waals surface area contributed by atoms with E-state index in [2.05, 4.69) is 20.5 Å². The molecule has 1 saturated heterocycles. The third kappa shape index (κ3) is 5.09. The molecule has 2 atom stereocenters. The van der Waals surface area contributed by atoms with Crippen molar-refractivity contribution in [2.45, 2.75) is 63.5 Å². The van der Waals surface area contributed by atoms with Crippen molar-refractivity contribution in [1.29, 1.82) is 0 Å². The molecule has 138 valence electrons. The van der Waals surface area contributed by atoms with E-state index in [1.165, 1.54) is 51.4 Å².